The van der Waals surface area contributed by atoms with E-state index < -0.39 is 5.82 Å². The molecule has 0 amide bonds. The number of nitrogens with zero attached hydrogens (tertiary/aromatic N) is 1. The minimum atomic E-state index is -0.430. The Morgan fingerprint density at radius 3 is 2.43 bits per heavy atom. The quantitative estimate of drug-likeness (QED) is 0.657. The van der Waals surface area contributed by atoms with Crippen LogP contribution in [0.3, 0.4) is 0 Å². The van der Waals surface area contributed by atoms with Crippen LogP contribution in [-0.2, 0) is 13.1 Å². The lowest BCUT2D eigenvalue weighted by Gasteiger charge is -2.19. The maximum atomic E-state index is 13.6. The van der Waals surface area contributed by atoms with Gasteiger partial charge in [0.25, 0.3) is 0 Å². The molecule has 3 N–H and O–H groups in total. The molecule has 0 aliphatic heterocycles. The fourth-order valence-electron chi connectivity index (χ4n) is 2.20. The normalized spacial score (nSPS) is 10.9. The van der Waals surface area contributed by atoms with Gasteiger partial charge in [-0.3, -0.25) is 10.3 Å². The van der Waals surface area contributed by atoms with Crippen LogP contribution in [0.5, 0.6) is 0 Å². The standard InChI is InChI=1S/C16H17F2N3/c1-21(10-12-4-2-3-5-15(12)18)9-11-6-7-13(17)8-14(11)16(19)20/h2-8H,9-10H2,1H3,(H3,19,20). The molecular weight excluding hydrogens is 272 g/mol. The second-order valence-corrected chi connectivity index (χ2v) is 4.98. The van der Waals surface area contributed by atoms with Crippen molar-refractivity contribution in [2.24, 2.45) is 5.73 Å². The summed E-state index contributed by atoms with van der Waals surface area (Å²) < 4.78 is 26.8. The average Bonchev–Trinajstić information content (AvgIpc) is 2.43. The van der Waals surface area contributed by atoms with Crippen molar-refractivity contribution in [1.82, 2.24) is 4.90 Å². The molecule has 110 valence electrons. The van der Waals surface area contributed by atoms with Crippen molar-refractivity contribution >= 4 is 5.84 Å². The first kappa shape index (κ1) is 15.1. The molecule has 0 heterocycles. The summed E-state index contributed by atoms with van der Waals surface area (Å²) in [5.74, 6) is -0.861. The van der Waals surface area contributed by atoms with Gasteiger partial charge in [-0.25, -0.2) is 8.78 Å². The predicted molar refractivity (Wildman–Crippen MR) is 79.0 cm³/mol. The Balaban J connectivity index is 2.15. The maximum Gasteiger partial charge on any atom is 0.127 e. The second kappa shape index (κ2) is 6.45. The highest BCUT2D eigenvalue weighted by atomic mass is 19.1. The van der Waals surface area contributed by atoms with E-state index in [1.54, 1.807) is 24.3 Å². The second-order valence-electron chi connectivity index (χ2n) is 4.98. The van der Waals surface area contributed by atoms with E-state index in [2.05, 4.69) is 0 Å². The summed E-state index contributed by atoms with van der Waals surface area (Å²) in [7, 11) is 1.83. The van der Waals surface area contributed by atoms with Crippen LogP contribution in [0.25, 0.3) is 0 Å². The first-order valence-corrected chi connectivity index (χ1v) is 6.52. The molecule has 21 heavy (non-hydrogen) atoms. The van der Waals surface area contributed by atoms with Crippen LogP contribution in [0.15, 0.2) is 42.5 Å². The van der Waals surface area contributed by atoms with Gasteiger partial charge in [0.1, 0.15) is 17.5 Å². The average molecular weight is 289 g/mol. The van der Waals surface area contributed by atoms with Gasteiger partial charge >= 0.3 is 0 Å². The smallest absolute Gasteiger partial charge is 0.127 e. The van der Waals surface area contributed by atoms with Gasteiger partial charge in [0.15, 0.2) is 0 Å². The molecule has 0 saturated heterocycles. The van der Waals surface area contributed by atoms with Gasteiger partial charge in [0.2, 0.25) is 0 Å². The summed E-state index contributed by atoms with van der Waals surface area (Å²) in [5, 5.41) is 7.51. The van der Waals surface area contributed by atoms with Gasteiger partial charge in [-0.15, -0.1) is 0 Å². The lowest BCUT2D eigenvalue weighted by molar-refractivity contribution is 0.313. The van der Waals surface area contributed by atoms with Crippen LogP contribution in [0.2, 0.25) is 0 Å². The Morgan fingerprint density at radius 2 is 1.76 bits per heavy atom. The van der Waals surface area contributed by atoms with Gasteiger partial charge in [-0.05, 0) is 30.8 Å². The van der Waals surface area contributed by atoms with Crippen molar-refractivity contribution in [3.63, 3.8) is 0 Å². The number of halogens is 2. The van der Waals surface area contributed by atoms with E-state index in [9.17, 15) is 8.78 Å². The summed E-state index contributed by atoms with van der Waals surface area (Å²) in [6.07, 6.45) is 0. The van der Waals surface area contributed by atoms with E-state index in [1.807, 2.05) is 11.9 Å². The highest BCUT2D eigenvalue weighted by Crippen LogP contribution is 2.15. The summed E-state index contributed by atoms with van der Waals surface area (Å²) in [6, 6.07) is 10.7. The van der Waals surface area contributed by atoms with E-state index >= 15 is 0 Å². The van der Waals surface area contributed by atoms with E-state index in [0.717, 1.165) is 5.56 Å². The highest BCUT2D eigenvalue weighted by molar-refractivity contribution is 5.96. The third-order valence-electron chi connectivity index (χ3n) is 3.20. The Morgan fingerprint density at radius 1 is 1.10 bits per heavy atom. The molecule has 0 aromatic heterocycles. The van der Waals surface area contributed by atoms with Gasteiger partial charge in [0.05, 0.1) is 0 Å². The molecule has 0 atom stereocenters. The molecule has 0 radical (unpaired) electrons. The molecule has 0 spiro atoms. The van der Waals surface area contributed by atoms with Crippen LogP contribution >= 0.6 is 0 Å². The van der Waals surface area contributed by atoms with Gasteiger partial charge < -0.3 is 5.73 Å². The lowest BCUT2D eigenvalue weighted by atomic mass is 10.1. The van der Waals surface area contributed by atoms with E-state index in [1.165, 1.54) is 18.2 Å². The zero-order valence-corrected chi connectivity index (χ0v) is 11.7. The monoisotopic (exact) mass is 289 g/mol. The topological polar surface area (TPSA) is 53.1 Å². The third-order valence-corrected chi connectivity index (χ3v) is 3.20. The molecule has 3 nitrogen and oxygen atoms in total. The predicted octanol–water partition coefficient (Wildman–Crippen LogP) is 2.88. The number of hydrogen-bond acceptors (Lipinski definition) is 2. The third kappa shape index (κ3) is 3.86. The van der Waals surface area contributed by atoms with Gasteiger partial charge in [-0.2, -0.15) is 0 Å². The molecule has 5 heteroatoms. The zero-order chi connectivity index (χ0) is 15.4. The number of rotatable bonds is 5. The number of benzene rings is 2. The first-order chi connectivity index (χ1) is 9.97. The van der Waals surface area contributed by atoms with Crippen LogP contribution in [0, 0.1) is 17.0 Å². The van der Waals surface area contributed by atoms with Crippen LogP contribution in [0.1, 0.15) is 16.7 Å². The minimum Gasteiger partial charge on any atom is -0.384 e. The summed E-state index contributed by atoms with van der Waals surface area (Å²) in [6.45, 7) is 0.866. The molecule has 0 aliphatic carbocycles. The zero-order valence-electron chi connectivity index (χ0n) is 11.7. The summed E-state index contributed by atoms with van der Waals surface area (Å²) in [5.41, 5.74) is 7.17. The molecule has 0 fully saturated rings. The summed E-state index contributed by atoms with van der Waals surface area (Å²) >= 11 is 0. The van der Waals surface area contributed by atoms with Gasteiger partial charge in [-0.1, -0.05) is 24.3 Å². The van der Waals surface area contributed by atoms with Crippen LogP contribution in [-0.4, -0.2) is 17.8 Å². The fraction of sp³-hybridized carbons (Fsp3) is 0.188. The Bertz CT molecular complexity index is 656. The van der Waals surface area contributed by atoms with Crippen molar-refractivity contribution < 1.29 is 8.78 Å². The van der Waals surface area contributed by atoms with Crippen LogP contribution < -0.4 is 5.73 Å². The van der Waals surface area contributed by atoms with E-state index in [4.69, 9.17) is 11.1 Å². The maximum absolute atomic E-state index is 13.6. The lowest BCUT2D eigenvalue weighted by Crippen LogP contribution is -2.21. The number of nitrogens with two attached hydrogens (primary N) is 1. The van der Waals surface area contributed by atoms with Crippen molar-refractivity contribution in [3.05, 3.63) is 70.8 Å². The molecule has 0 unspecified atom stereocenters. The Hall–Kier alpha value is -2.27. The molecule has 0 saturated carbocycles. The van der Waals surface area contributed by atoms with Crippen molar-refractivity contribution in [2.75, 3.05) is 7.05 Å². The van der Waals surface area contributed by atoms with Crippen molar-refractivity contribution in [3.8, 4) is 0 Å². The highest BCUT2D eigenvalue weighted by Gasteiger charge is 2.11. The molecule has 0 aliphatic rings. The molecule has 2 rings (SSSR count). The molecule has 2 aromatic carbocycles. The van der Waals surface area contributed by atoms with E-state index in [-0.39, 0.29) is 11.7 Å². The van der Waals surface area contributed by atoms with Crippen molar-refractivity contribution in [2.45, 2.75) is 13.1 Å². The number of nitrogens with one attached hydrogen (secondary N) is 1. The fourth-order valence-corrected chi connectivity index (χ4v) is 2.20. The Kier molecular flexibility index (Phi) is 4.65. The number of nitrogen functional groups attached to an aromatic ring is 1. The number of hydrogen-bond donors (Lipinski definition) is 2. The first-order valence-electron chi connectivity index (χ1n) is 6.52. The van der Waals surface area contributed by atoms with Crippen molar-refractivity contribution in [1.29, 1.82) is 5.41 Å². The minimum absolute atomic E-state index is 0.177. The number of amidine groups is 1. The molecule has 2 aromatic rings. The van der Waals surface area contributed by atoms with Crippen LogP contribution in [0.4, 0.5) is 8.78 Å². The van der Waals surface area contributed by atoms with Gasteiger partial charge in [0, 0.05) is 24.2 Å². The summed E-state index contributed by atoms with van der Waals surface area (Å²) in [4.78, 5) is 1.89. The van der Waals surface area contributed by atoms with E-state index in [0.29, 0.717) is 24.2 Å². The molecular formula is C16H17F2N3. The largest absolute Gasteiger partial charge is 0.384 e. The SMILES string of the molecule is CN(Cc1ccccc1F)Cc1ccc(F)cc1C(=N)N. The Labute approximate surface area is 122 Å². The molecule has 0 bridgehead atoms.